The van der Waals surface area contributed by atoms with Crippen molar-refractivity contribution in [3.05, 3.63) is 11.8 Å². The van der Waals surface area contributed by atoms with Gasteiger partial charge in [-0.15, -0.1) is 0 Å². The Kier molecular flexibility index (Phi) is 5.87. The van der Waals surface area contributed by atoms with Gasteiger partial charge in [0.1, 0.15) is 6.61 Å². The van der Waals surface area contributed by atoms with Crippen LogP contribution >= 0.6 is 0 Å². The summed E-state index contributed by atoms with van der Waals surface area (Å²) in [4.78, 5) is 28.5. The highest BCUT2D eigenvalue weighted by Gasteiger charge is 2.23. The van der Waals surface area contributed by atoms with Gasteiger partial charge in [0.05, 0.1) is 6.54 Å². The van der Waals surface area contributed by atoms with E-state index in [2.05, 4.69) is 14.7 Å². The number of rotatable bonds is 7. The molecule has 0 bridgehead atoms. The lowest BCUT2D eigenvalue weighted by Crippen LogP contribution is -2.26. The molecule has 0 aliphatic carbocycles. The Morgan fingerprint density at radius 2 is 2.50 bits per heavy atom. The van der Waals surface area contributed by atoms with E-state index in [-0.39, 0.29) is 19.6 Å². The Morgan fingerprint density at radius 3 is 3.11 bits per heavy atom. The second-order valence-electron chi connectivity index (χ2n) is 3.37. The van der Waals surface area contributed by atoms with E-state index in [1.54, 1.807) is 12.4 Å². The van der Waals surface area contributed by atoms with Crippen molar-refractivity contribution in [2.75, 3.05) is 13.2 Å². The molecule has 0 N–H and O–H groups in total. The highest BCUT2D eigenvalue weighted by Crippen LogP contribution is 2.16. The van der Waals surface area contributed by atoms with Gasteiger partial charge in [-0.3, -0.25) is 4.99 Å². The monoisotopic (exact) mass is 249 g/mol. The van der Waals surface area contributed by atoms with Crippen molar-refractivity contribution >= 4 is 18.3 Å². The minimum atomic E-state index is -0.983. The molecule has 1 aliphatic heterocycles. The first-order valence-corrected chi connectivity index (χ1v) is 5.22. The van der Waals surface area contributed by atoms with Gasteiger partial charge in [0.15, 0.2) is 0 Å². The van der Waals surface area contributed by atoms with E-state index in [0.29, 0.717) is 6.42 Å². The number of carbonyl (C=O) groups excluding carboxylic acids is 2. The van der Waals surface area contributed by atoms with Crippen molar-refractivity contribution < 1.29 is 19.1 Å². The van der Waals surface area contributed by atoms with E-state index in [9.17, 15) is 9.59 Å². The van der Waals surface area contributed by atoms with Gasteiger partial charge in [-0.2, -0.15) is 5.26 Å². The molecular weight excluding hydrogens is 238 g/mol. The zero-order chi connectivity index (χ0) is 13.2. The summed E-state index contributed by atoms with van der Waals surface area (Å²) in [5, 5.41) is 8.47. The topological polar surface area (TPSA) is 101 Å². The molecule has 1 atom stereocenters. The molecule has 7 nitrogen and oxygen atoms in total. The van der Waals surface area contributed by atoms with Crippen molar-refractivity contribution in [1.82, 2.24) is 0 Å². The van der Waals surface area contributed by atoms with Gasteiger partial charge in [-0.1, -0.05) is 0 Å². The fraction of sp³-hybridized carbons (Fsp3) is 0.455. The quantitative estimate of drug-likeness (QED) is 0.215. The van der Waals surface area contributed by atoms with Gasteiger partial charge in [-0.25, -0.2) is 14.6 Å². The summed E-state index contributed by atoms with van der Waals surface area (Å²) in [5.41, 5.74) is 0.887. The molecule has 0 saturated heterocycles. The average Bonchev–Trinajstić information content (AvgIpc) is 2.87. The van der Waals surface area contributed by atoms with Gasteiger partial charge in [0.2, 0.25) is 12.2 Å². The van der Waals surface area contributed by atoms with Crippen molar-refractivity contribution in [3.8, 4) is 6.26 Å². The minimum Gasteiger partial charge on any atom is -0.461 e. The van der Waals surface area contributed by atoms with Crippen LogP contribution in [0, 0.1) is 11.5 Å². The second kappa shape index (κ2) is 7.76. The number of hydrogen-bond acceptors (Lipinski definition) is 7. The predicted molar refractivity (Wildman–Crippen MR) is 60.2 cm³/mol. The maximum absolute atomic E-state index is 11.6. The smallest absolute Gasteiger partial charge is 0.348 e. The number of isocyanates is 1. The number of ether oxygens (including phenoxy) is 2. The van der Waals surface area contributed by atoms with Crippen LogP contribution in [0.25, 0.3) is 0 Å². The maximum atomic E-state index is 11.6. The summed E-state index contributed by atoms with van der Waals surface area (Å²) < 4.78 is 9.46. The van der Waals surface area contributed by atoms with Crippen LogP contribution in [0.3, 0.4) is 0 Å². The molecule has 0 spiro atoms. The maximum Gasteiger partial charge on any atom is 0.348 e. The molecule has 1 aliphatic rings. The molecule has 0 aromatic heterocycles. The highest BCUT2D eigenvalue weighted by molar-refractivity contribution is 5.76. The van der Waals surface area contributed by atoms with E-state index in [1.165, 1.54) is 12.3 Å². The first-order chi connectivity index (χ1) is 8.77. The lowest BCUT2D eigenvalue weighted by Gasteiger charge is -2.12. The summed E-state index contributed by atoms with van der Waals surface area (Å²) in [7, 11) is 0. The van der Waals surface area contributed by atoms with E-state index >= 15 is 0 Å². The van der Waals surface area contributed by atoms with E-state index in [4.69, 9.17) is 10.00 Å². The van der Waals surface area contributed by atoms with Crippen LogP contribution in [0.5, 0.6) is 0 Å². The third-order valence-corrected chi connectivity index (χ3v) is 2.13. The summed E-state index contributed by atoms with van der Waals surface area (Å²) in [6, 6.07) is 0. The molecule has 0 aromatic carbocycles. The number of nitrogens with zero attached hydrogens (tertiary/aromatic N) is 3. The standard InChI is InChI=1S/C11H11N3O4/c12-7-18-10(5-9-1-2-13-6-9)11(16)17-4-3-14-8-15/h2,6,10H,1,3-5H2. The Hall–Kier alpha value is -2.45. The van der Waals surface area contributed by atoms with Crippen LogP contribution in [0.2, 0.25) is 0 Å². The Bertz CT molecular complexity index is 444. The third-order valence-electron chi connectivity index (χ3n) is 2.13. The average molecular weight is 249 g/mol. The van der Waals surface area contributed by atoms with Crippen LogP contribution < -0.4 is 0 Å². The van der Waals surface area contributed by atoms with Crippen LogP contribution in [-0.4, -0.2) is 37.5 Å². The second-order valence-corrected chi connectivity index (χ2v) is 3.37. The van der Waals surface area contributed by atoms with Crippen molar-refractivity contribution in [2.24, 2.45) is 9.98 Å². The molecule has 1 heterocycles. The van der Waals surface area contributed by atoms with E-state index < -0.39 is 12.1 Å². The molecule has 0 fully saturated rings. The molecule has 0 radical (unpaired) electrons. The lowest BCUT2D eigenvalue weighted by molar-refractivity contribution is -0.153. The third kappa shape index (κ3) is 4.60. The molecule has 0 saturated carbocycles. The van der Waals surface area contributed by atoms with E-state index in [1.807, 2.05) is 0 Å². The Balaban J connectivity index is 2.42. The van der Waals surface area contributed by atoms with Gasteiger partial charge in [0.25, 0.3) is 6.26 Å². The predicted octanol–water partition coefficient (Wildman–Crippen LogP) is 0.480. The van der Waals surface area contributed by atoms with Crippen molar-refractivity contribution in [1.29, 1.82) is 5.26 Å². The summed E-state index contributed by atoms with van der Waals surface area (Å²) in [6.45, 7) is -0.00473. The van der Waals surface area contributed by atoms with Gasteiger partial charge >= 0.3 is 5.97 Å². The molecule has 94 valence electrons. The summed E-state index contributed by atoms with van der Waals surface area (Å²) in [5.74, 6) is -0.662. The van der Waals surface area contributed by atoms with Crippen LogP contribution in [-0.2, 0) is 19.1 Å². The number of nitriles is 1. The van der Waals surface area contributed by atoms with Crippen LogP contribution in [0.1, 0.15) is 12.8 Å². The first-order valence-electron chi connectivity index (χ1n) is 5.22. The van der Waals surface area contributed by atoms with Crippen molar-refractivity contribution in [2.45, 2.75) is 18.9 Å². The number of hydrogen-bond donors (Lipinski definition) is 0. The minimum absolute atomic E-state index is 0.0420. The zero-order valence-corrected chi connectivity index (χ0v) is 9.54. The fourth-order valence-electron chi connectivity index (χ4n) is 1.32. The molecule has 1 unspecified atom stereocenters. The summed E-state index contributed by atoms with van der Waals surface area (Å²) >= 11 is 0. The molecule has 18 heavy (non-hydrogen) atoms. The molecule has 1 rings (SSSR count). The zero-order valence-electron chi connectivity index (χ0n) is 9.54. The van der Waals surface area contributed by atoms with Gasteiger partial charge < -0.3 is 9.47 Å². The van der Waals surface area contributed by atoms with Gasteiger partial charge in [0, 0.05) is 25.3 Å². The van der Waals surface area contributed by atoms with Crippen molar-refractivity contribution in [3.63, 3.8) is 0 Å². The summed E-state index contributed by atoms with van der Waals surface area (Å²) in [6.07, 6.45) is 6.02. The highest BCUT2D eigenvalue weighted by atomic mass is 16.6. The normalized spacial score (nSPS) is 14.1. The van der Waals surface area contributed by atoms with Crippen LogP contribution in [0.15, 0.2) is 21.8 Å². The fourth-order valence-corrected chi connectivity index (χ4v) is 1.32. The number of aliphatic imine (C=N–C) groups is 2. The molecule has 0 amide bonds. The number of esters is 1. The molecule has 0 aromatic rings. The SMILES string of the molecule is N#COC(CC1=CN=CC1)C(=O)OCCN=C=O. The number of carbonyl (C=O) groups is 1. The molecule has 7 heteroatoms. The Morgan fingerprint density at radius 1 is 1.67 bits per heavy atom. The molecular formula is C11H11N3O4. The lowest BCUT2D eigenvalue weighted by atomic mass is 10.1. The van der Waals surface area contributed by atoms with E-state index in [0.717, 1.165) is 5.57 Å². The van der Waals surface area contributed by atoms with Crippen LogP contribution in [0.4, 0.5) is 0 Å². The first kappa shape index (κ1) is 13.6. The Labute approximate surface area is 103 Å². The largest absolute Gasteiger partial charge is 0.461 e. The van der Waals surface area contributed by atoms with Gasteiger partial charge in [-0.05, 0) is 5.57 Å².